The predicted molar refractivity (Wildman–Crippen MR) is 104 cm³/mol. The lowest BCUT2D eigenvalue weighted by Gasteiger charge is -2.20. The summed E-state index contributed by atoms with van der Waals surface area (Å²) >= 11 is 6.54. The maximum Gasteiger partial charge on any atom is 0.266 e. The Hall–Kier alpha value is -1.38. The van der Waals surface area contributed by atoms with Crippen LogP contribution in [0.3, 0.4) is 0 Å². The van der Waals surface area contributed by atoms with Gasteiger partial charge in [-0.05, 0) is 25.0 Å². The summed E-state index contributed by atoms with van der Waals surface area (Å²) in [5.41, 5.74) is 0.815. The minimum atomic E-state index is -3.08. The zero-order valence-electron chi connectivity index (χ0n) is 13.8. The SMILES string of the molecule is CCCOc1ccccc1/C=C1/SC(=S)N(C2CCS(=O)(=O)C2)C1=O. The molecule has 0 aliphatic carbocycles. The van der Waals surface area contributed by atoms with Gasteiger partial charge in [0.05, 0.1) is 29.1 Å². The highest BCUT2D eigenvalue weighted by atomic mass is 32.2. The maximum atomic E-state index is 12.8. The highest BCUT2D eigenvalue weighted by Crippen LogP contribution is 2.37. The zero-order valence-corrected chi connectivity index (χ0v) is 16.3. The molecule has 1 unspecified atom stereocenters. The normalized spacial score (nSPS) is 24.3. The first kappa shape index (κ1) is 18.4. The van der Waals surface area contributed by atoms with Crippen molar-refractivity contribution in [2.24, 2.45) is 0 Å². The van der Waals surface area contributed by atoms with E-state index in [1.165, 1.54) is 16.7 Å². The van der Waals surface area contributed by atoms with Gasteiger partial charge in [0, 0.05) is 5.56 Å². The Balaban J connectivity index is 1.84. The Morgan fingerprint density at radius 2 is 2.16 bits per heavy atom. The number of para-hydroxylation sites is 1. The van der Waals surface area contributed by atoms with E-state index in [2.05, 4.69) is 0 Å². The molecule has 0 N–H and O–H groups in total. The predicted octanol–water partition coefficient (Wildman–Crippen LogP) is 2.86. The van der Waals surface area contributed by atoms with Crippen LogP contribution in [0.1, 0.15) is 25.3 Å². The third-order valence-corrected chi connectivity index (χ3v) is 7.15. The molecule has 1 aromatic rings. The summed E-state index contributed by atoms with van der Waals surface area (Å²) in [6.07, 6.45) is 3.11. The molecule has 0 saturated carbocycles. The highest BCUT2D eigenvalue weighted by molar-refractivity contribution is 8.26. The molecule has 0 spiro atoms. The van der Waals surface area contributed by atoms with Crippen LogP contribution in [0.15, 0.2) is 29.2 Å². The lowest BCUT2D eigenvalue weighted by Crippen LogP contribution is -2.39. The van der Waals surface area contributed by atoms with Crippen LogP contribution in [-0.4, -0.2) is 47.7 Å². The van der Waals surface area contributed by atoms with Crippen molar-refractivity contribution in [3.63, 3.8) is 0 Å². The monoisotopic (exact) mass is 397 g/mol. The van der Waals surface area contributed by atoms with E-state index < -0.39 is 9.84 Å². The Morgan fingerprint density at radius 1 is 1.40 bits per heavy atom. The van der Waals surface area contributed by atoms with Crippen LogP contribution in [-0.2, 0) is 14.6 Å². The number of ether oxygens (including phenoxy) is 1. The van der Waals surface area contributed by atoms with Crippen LogP contribution in [0.4, 0.5) is 0 Å². The topological polar surface area (TPSA) is 63.7 Å². The first-order valence-corrected chi connectivity index (χ1v) is 11.1. The lowest BCUT2D eigenvalue weighted by molar-refractivity contribution is -0.123. The number of carbonyl (C=O) groups excluding carboxylic acids is 1. The maximum absolute atomic E-state index is 12.8. The van der Waals surface area contributed by atoms with E-state index in [0.717, 1.165) is 17.7 Å². The molecule has 1 aromatic carbocycles. The van der Waals surface area contributed by atoms with E-state index in [9.17, 15) is 13.2 Å². The first-order valence-electron chi connectivity index (χ1n) is 8.10. The summed E-state index contributed by atoms with van der Waals surface area (Å²) in [5, 5.41) is 0. The van der Waals surface area contributed by atoms with Crippen molar-refractivity contribution in [3.05, 3.63) is 34.7 Å². The third kappa shape index (κ3) is 4.07. The van der Waals surface area contributed by atoms with Crippen molar-refractivity contribution in [2.75, 3.05) is 18.1 Å². The van der Waals surface area contributed by atoms with E-state index in [-0.39, 0.29) is 23.5 Å². The van der Waals surface area contributed by atoms with E-state index in [4.69, 9.17) is 17.0 Å². The van der Waals surface area contributed by atoms with Gasteiger partial charge in [-0.15, -0.1) is 0 Å². The van der Waals surface area contributed by atoms with Gasteiger partial charge < -0.3 is 4.74 Å². The second-order valence-corrected chi connectivity index (χ2v) is 9.90. The number of sulfone groups is 1. The molecule has 1 amide bonds. The quantitative estimate of drug-likeness (QED) is 0.562. The molecule has 0 radical (unpaired) electrons. The minimum absolute atomic E-state index is 0.0110. The Morgan fingerprint density at radius 3 is 2.84 bits per heavy atom. The molecule has 2 saturated heterocycles. The molecular formula is C17H19NO4S3. The smallest absolute Gasteiger partial charge is 0.266 e. The molecule has 25 heavy (non-hydrogen) atoms. The van der Waals surface area contributed by atoms with Gasteiger partial charge in [-0.2, -0.15) is 0 Å². The largest absolute Gasteiger partial charge is 0.493 e. The van der Waals surface area contributed by atoms with Gasteiger partial charge in [0.15, 0.2) is 9.84 Å². The van der Waals surface area contributed by atoms with Crippen LogP contribution >= 0.6 is 24.0 Å². The molecule has 0 aromatic heterocycles. The third-order valence-electron chi connectivity index (χ3n) is 4.06. The van der Waals surface area contributed by atoms with Gasteiger partial charge in [0.25, 0.3) is 5.91 Å². The molecule has 8 heteroatoms. The molecule has 2 aliphatic heterocycles. The summed E-state index contributed by atoms with van der Waals surface area (Å²) in [5.74, 6) is 0.602. The molecule has 0 bridgehead atoms. The molecule has 2 fully saturated rings. The number of benzene rings is 1. The summed E-state index contributed by atoms with van der Waals surface area (Å²) in [6, 6.07) is 7.17. The van der Waals surface area contributed by atoms with Gasteiger partial charge in [-0.3, -0.25) is 9.69 Å². The highest BCUT2D eigenvalue weighted by Gasteiger charge is 2.42. The second-order valence-electron chi connectivity index (χ2n) is 5.99. The summed E-state index contributed by atoms with van der Waals surface area (Å²) in [6.45, 7) is 2.63. The van der Waals surface area contributed by atoms with Crippen molar-refractivity contribution in [1.82, 2.24) is 4.90 Å². The van der Waals surface area contributed by atoms with Gasteiger partial charge in [0.2, 0.25) is 0 Å². The standard InChI is InChI=1S/C17H19NO4S3/c1-2-8-22-14-6-4-3-5-12(14)10-15-16(19)18(17(23)24-15)13-7-9-25(20,21)11-13/h3-6,10,13H,2,7-9,11H2,1H3/b15-10+. The number of amides is 1. The number of thioether (sulfide) groups is 1. The molecule has 134 valence electrons. The number of hydrogen-bond donors (Lipinski definition) is 0. The molecule has 2 heterocycles. The van der Waals surface area contributed by atoms with Crippen molar-refractivity contribution in [1.29, 1.82) is 0 Å². The number of thiocarbonyl (C=S) groups is 1. The average molecular weight is 398 g/mol. The fourth-order valence-electron chi connectivity index (χ4n) is 2.86. The Bertz CT molecular complexity index is 832. The summed E-state index contributed by atoms with van der Waals surface area (Å²) in [4.78, 5) is 14.7. The van der Waals surface area contributed by atoms with Gasteiger partial charge in [-0.25, -0.2) is 8.42 Å². The van der Waals surface area contributed by atoms with Crippen molar-refractivity contribution in [2.45, 2.75) is 25.8 Å². The van der Waals surface area contributed by atoms with Gasteiger partial charge in [-0.1, -0.05) is 49.1 Å². The van der Waals surface area contributed by atoms with E-state index in [1.54, 1.807) is 6.08 Å². The lowest BCUT2D eigenvalue weighted by atomic mass is 10.1. The molecular weight excluding hydrogens is 378 g/mol. The summed E-state index contributed by atoms with van der Waals surface area (Å²) in [7, 11) is -3.08. The fraction of sp³-hybridized carbons (Fsp3) is 0.412. The number of carbonyl (C=O) groups is 1. The molecule has 1 atom stereocenters. The number of hydrogen-bond acceptors (Lipinski definition) is 6. The van der Waals surface area contributed by atoms with Crippen molar-refractivity contribution < 1.29 is 17.9 Å². The van der Waals surface area contributed by atoms with E-state index >= 15 is 0 Å². The van der Waals surface area contributed by atoms with Crippen LogP contribution in [0, 0.1) is 0 Å². The van der Waals surface area contributed by atoms with E-state index in [0.29, 0.717) is 22.3 Å². The number of nitrogens with zero attached hydrogens (tertiary/aromatic N) is 1. The van der Waals surface area contributed by atoms with Crippen molar-refractivity contribution >= 4 is 50.1 Å². The molecule has 5 nitrogen and oxygen atoms in total. The first-order chi connectivity index (χ1) is 11.9. The van der Waals surface area contributed by atoms with Crippen molar-refractivity contribution in [3.8, 4) is 5.75 Å². The van der Waals surface area contributed by atoms with E-state index in [1.807, 2.05) is 31.2 Å². The number of rotatable bonds is 5. The zero-order chi connectivity index (χ0) is 18.0. The summed E-state index contributed by atoms with van der Waals surface area (Å²) < 4.78 is 29.6. The molecule has 2 aliphatic rings. The minimum Gasteiger partial charge on any atom is -0.493 e. The van der Waals surface area contributed by atoms with Crippen LogP contribution in [0.5, 0.6) is 5.75 Å². The average Bonchev–Trinajstić information content (AvgIpc) is 3.05. The van der Waals surface area contributed by atoms with Crippen LogP contribution < -0.4 is 4.74 Å². The van der Waals surface area contributed by atoms with Gasteiger partial charge in [0.1, 0.15) is 10.1 Å². The van der Waals surface area contributed by atoms with Gasteiger partial charge >= 0.3 is 0 Å². The molecule has 3 rings (SSSR count). The second kappa shape index (κ2) is 7.47. The Kier molecular flexibility index (Phi) is 5.50. The Labute approximate surface area is 157 Å². The fourth-order valence-corrected chi connectivity index (χ4v) is 5.95. The van der Waals surface area contributed by atoms with Crippen LogP contribution in [0.2, 0.25) is 0 Å². The van der Waals surface area contributed by atoms with Crippen LogP contribution in [0.25, 0.3) is 6.08 Å².